The highest BCUT2D eigenvalue weighted by Crippen LogP contribution is 2.15. The van der Waals surface area contributed by atoms with Crippen LogP contribution in [0, 0.1) is 0 Å². The molecule has 112 valence electrons. The lowest BCUT2D eigenvalue weighted by Crippen LogP contribution is -2.33. The quantitative estimate of drug-likeness (QED) is 0.701. The molecule has 1 aromatic rings. The Bertz CT molecular complexity index is 391. The number of ether oxygens (including phenoxy) is 1. The van der Waals surface area contributed by atoms with Crippen LogP contribution in [-0.2, 0) is 4.79 Å². The molecule has 0 heterocycles. The number of nitrogens with zero attached hydrogens (tertiary/aromatic N) is 1. The highest BCUT2D eigenvalue weighted by atomic mass is 79.9. The first-order valence-electron chi connectivity index (χ1n) is 7.04. The van der Waals surface area contributed by atoms with E-state index < -0.39 is 0 Å². The summed E-state index contributed by atoms with van der Waals surface area (Å²) in [6, 6.07) is 7.75. The molecule has 0 aromatic heterocycles. The molecule has 0 aliphatic heterocycles. The highest BCUT2D eigenvalue weighted by Gasteiger charge is 2.07. The van der Waals surface area contributed by atoms with Gasteiger partial charge in [-0.3, -0.25) is 4.79 Å². The van der Waals surface area contributed by atoms with Gasteiger partial charge in [0.25, 0.3) is 0 Å². The molecule has 0 aliphatic carbocycles. The Morgan fingerprint density at radius 1 is 1.20 bits per heavy atom. The van der Waals surface area contributed by atoms with Crippen LogP contribution < -0.4 is 10.1 Å². The summed E-state index contributed by atoms with van der Waals surface area (Å²) in [5.41, 5.74) is 0. The molecule has 4 nitrogen and oxygen atoms in total. The molecule has 0 saturated heterocycles. The minimum Gasteiger partial charge on any atom is -0.492 e. The molecule has 1 N–H and O–H groups in total. The fourth-order valence-electron chi connectivity index (χ4n) is 1.83. The minimum absolute atomic E-state index is 0.205. The molecule has 0 spiro atoms. The second kappa shape index (κ2) is 9.77. The van der Waals surface area contributed by atoms with E-state index >= 15 is 0 Å². The van der Waals surface area contributed by atoms with Crippen molar-refractivity contribution in [3.8, 4) is 5.75 Å². The van der Waals surface area contributed by atoms with Crippen molar-refractivity contribution in [1.82, 2.24) is 10.2 Å². The zero-order chi connectivity index (χ0) is 14.8. The first kappa shape index (κ1) is 17.0. The van der Waals surface area contributed by atoms with Gasteiger partial charge in [-0.25, -0.2) is 0 Å². The van der Waals surface area contributed by atoms with Crippen LogP contribution in [0.1, 0.15) is 20.3 Å². The van der Waals surface area contributed by atoms with E-state index in [-0.39, 0.29) is 5.91 Å². The van der Waals surface area contributed by atoms with Gasteiger partial charge in [0.2, 0.25) is 5.91 Å². The van der Waals surface area contributed by atoms with Crippen LogP contribution >= 0.6 is 15.9 Å². The molecule has 1 amide bonds. The molecular formula is C15H23BrN2O2. The van der Waals surface area contributed by atoms with E-state index in [2.05, 4.69) is 21.2 Å². The van der Waals surface area contributed by atoms with Crippen molar-refractivity contribution in [3.05, 3.63) is 28.7 Å². The largest absolute Gasteiger partial charge is 0.492 e. The number of carbonyl (C=O) groups excluding carboxylic acids is 1. The number of rotatable bonds is 9. The van der Waals surface area contributed by atoms with Crippen molar-refractivity contribution in [2.45, 2.75) is 20.3 Å². The third kappa shape index (κ3) is 6.39. The van der Waals surface area contributed by atoms with Gasteiger partial charge in [-0.1, -0.05) is 15.9 Å². The topological polar surface area (TPSA) is 41.6 Å². The van der Waals surface area contributed by atoms with Crippen molar-refractivity contribution in [2.24, 2.45) is 0 Å². The van der Waals surface area contributed by atoms with E-state index in [1.165, 1.54) is 0 Å². The third-order valence-corrected chi connectivity index (χ3v) is 3.52. The van der Waals surface area contributed by atoms with Crippen molar-refractivity contribution in [2.75, 3.05) is 32.8 Å². The molecule has 5 heteroatoms. The van der Waals surface area contributed by atoms with Gasteiger partial charge in [0.1, 0.15) is 12.4 Å². The minimum atomic E-state index is 0.205. The number of benzene rings is 1. The van der Waals surface area contributed by atoms with Gasteiger partial charge in [-0.15, -0.1) is 0 Å². The maximum Gasteiger partial charge on any atom is 0.223 e. The second-order valence-electron chi connectivity index (χ2n) is 4.37. The Kier molecular flexibility index (Phi) is 8.30. The average Bonchev–Trinajstić information content (AvgIpc) is 2.46. The van der Waals surface area contributed by atoms with Crippen LogP contribution in [0.4, 0.5) is 0 Å². The van der Waals surface area contributed by atoms with Gasteiger partial charge in [0, 0.05) is 37.1 Å². The van der Waals surface area contributed by atoms with Crippen LogP contribution in [0.3, 0.4) is 0 Å². The Morgan fingerprint density at radius 2 is 1.85 bits per heavy atom. The molecule has 1 aromatic carbocycles. The molecule has 0 atom stereocenters. The number of hydrogen-bond donors (Lipinski definition) is 1. The summed E-state index contributed by atoms with van der Waals surface area (Å²) >= 11 is 3.38. The second-order valence-corrected chi connectivity index (χ2v) is 5.28. The number of amides is 1. The fraction of sp³-hybridized carbons (Fsp3) is 0.533. The van der Waals surface area contributed by atoms with Crippen molar-refractivity contribution >= 4 is 21.8 Å². The molecule has 1 rings (SSSR count). The number of carbonyl (C=O) groups is 1. The molecule has 0 fully saturated rings. The SMILES string of the molecule is CCN(CC)C(=O)CCNCCOc1ccc(Br)cc1. The number of halogens is 1. The van der Waals surface area contributed by atoms with Crippen LogP contribution in [0.2, 0.25) is 0 Å². The van der Waals surface area contributed by atoms with E-state index in [1.807, 2.05) is 43.0 Å². The Hall–Kier alpha value is -1.07. The zero-order valence-electron chi connectivity index (χ0n) is 12.2. The summed E-state index contributed by atoms with van der Waals surface area (Å²) in [4.78, 5) is 13.6. The van der Waals surface area contributed by atoms with Gasteiger partial charge < -0.3 is 15.0 Å². The van der Waals surface area contributed by atoms with Gasteiger partial charge in [0.15, 0.2) is 0 Å². The maximum atomic E-state index is 11.7. The Balaban J connectivity index is 2.07. The van der Waals surface area contributed by atoms with Crippen molar-refractivity contribution < 1.29 is 9.53 Å². The standard InChI is InChI=1S/C15H23BrN2O2/c1-3-18(4-2)15(19)9-10-17-11-12-20-14-7-5-13(16)6-8-14/h5-8,17H,3-4,9-12H2,1-2H3. The van der Waals surface area contributed by atoms with Crippen LogP contribution in [0.15, 0.2) is 28.7 Å². The van der Waals surface area contributed by atoms with Crippen molar-refractivity contribution in [3.63, 3.8) is 0 Å². The molecule has 0 radical (unpaired) electrons. The summed E-state index contributed by atoms with van der Waals surface area (Å²) < 4.78 is 6.62. The first-order chi connectivity index (χ1) is 9.67. The number of hydrogen-bond acceptors (Lipinski definition) is 3. The molecule has 0 aliphatic rings. The fourth-order valence-corrected chi connectivity index (χ4v) is 2.09. The summed E-state index contributed by atoms with van der Waals surface area (Å²) in [6.07, 6.45) is 0.542. The molecule has 0 saturated carbocycles. The van der Waals surface area contributed by atoms with E-state index in [0.29, 0.717) is 19.6 Å². The highest BCUT2D eigenvalue weighted by molar-refractivity contribution is 9.10. The van der Waals surface area contributed by atoms with Gasteiger partial charge >= 0.3 is 0 Å². The lowest BCUT2D eigenvalue weighted by atomic mass is 10.3. The lowest BCUT2D eigenvalue weighted by molar-refractivity contribution is -0.130. The average molecular weight is 343 g/mol. The maximum absolute atomic E-state index is 11.7. The summed E-state index contributed by atoms with van der Waals surface area (Å²) in [5.74, 6) is 1.06. The van der Waals surface area contributed by atoms with E-state index in [9.17, 15) is 4.79 Å². The molecule has 0 bridgehead atoms. The Labute approximate surface area is 129 Å². The zero-order valence-corrected chi connectivity index (χ0v) is 13.8. The number of nitrogens with one attached hydrogen (secondary N) is 1. The summed E-state index contributed by atoms with van der Waals surface area (Å²) in [7, 11) is 0. The first-order valence-corrected chi connectivity index (χ1v) is 7.83. The van der Waals surface area contributed by atoms with Crippen LogP contribution in [-0.4, -0.2) is 43.6 Å². The van der Waals surface area contributed by atoms with Crippen molar-refractivity contribution in [1.29, 1.82) is 0 Å². The summed E-state index contributed by atoms with van der Waals surface area (Å²) in [6.45, 7) is 7.59. The molecular weight excluding hydrogens is 320 g/mol. The van der Waals surface area contributed by atoms with Gasteiger partial charge in [-0.05, 0) is 38.1 Å². The summed E-state index contributed by atoms with van der Waals surface area (Å²) in [5, 5.41) is 3.22. The predicted octanol–water partition coefficient (Wildman–Crippen LogP) is 2.68. The normalized spacial score (nSPS) is 10.3. The van der Waals surface area contributed by atoms with Gasteiger partial charge in [0.05, 0.1) is 0 Å². The predicted molar refractivity (Wildman–Crippen MR) is 85.1 cm³/mol. The van der Waals surface area contributed by atoms with Crippen LogP contribution in [0.5, 0.6) is 5.75 Å². The van der Waals surface area contributed by atoms with Gasteiger partial charge in [-0.2, -0.15) is 0 Å². The third-order valence-electron chi connectivity index (χ3n) is 2.99. The monoisotopic (exact) mass is 342 g/mol. The Morgan fingerprint density at radius 3 is 2.45 bits per heavy atom. The smallest absolute Gasteiger partial charge is 0.223 e. The van der Waals surface area contributed by atoms with Crippen LogP contribution in [0.25, 0.3) is 0 Å². The van der Waals surface area contributed by atoms with E-state index in [0.717, 1.165) is 29.9 Å². The lowest BCUT2D eigenvalue weighted by Gasteiger charge is -2.18. The molecule has 20 heavy (non-hydrogen) atoms. The van der Waals surface area contributed by atoms with E-state index in [4.69, 9.17) is 4.74 Å². The van der Waals surface area contributed by atoms with E-state index in [1.54, 1.807) is 0 Å². The molecule has 0 unspecified atom stereocenters.